The first-order valence-corrected chi connectivity index (χ1v) is 3.39. The molecule has 0 aromatic carbocycles. The van der Waals surface area contributed by atoms with Gasteiger partial charge in [-0.3, -0.25) is 10.1 Å². The molecular weight excluding hydrogens is 196 g/mol. The van der Waals surface area contributed by atoms with Gasteiger partial charge in [0.2, 0.25) is 0 Å². The highest BCUT2D eigenvalue weighted by atomic mass is 19.3. The van der Waals surface area contributed by atoms with Crippen molar-refractivity contribution >= 4 is 5.69 Å². The molecule has 5 nitrogen and oxygen atoms in total. The number of hydrogen-bond acceptors (Lipinski definition) is 4. The van der Waals surface area contributed by atoms with Crippen molar-refractivity contribution in [1.82, 2.24) is 4.98 Å². The Morgan fingerprint density at radius 2 is 2.29 bits per heavy atom. The van der Waals surface area contributed by atoms with Gasteiger partial charge in [-0.15, -0.1) is 0 Å². The van der Waals surface area contributed by atoms with E-state index in [9.17, 15) is 18.9 Å². The number of halogens is 2. The SMILES string of the molecule is N#Cc1ncc([N+](=O)[O-])cc1C(F)F. The maximum atomic E-state index is 12.2. The van der Waals surface area contributed by atoms with Gasteiger partial charge in [-0.05, 0) is 0 Å². The molecule has 1 rings (SSSR count). The van der Waals surface area contributed by atoms with E-state index in [2.05, 4.69) is 4.98 Å². The van der Waals surface area contributed by atoms with Gasteiger partial charge in [-0.1, -0.05) is 0 Å². The fourth-order valence-electron chi connectivity index (χ4n) is 0.830. The average molecular weight is 199 g/mol. The zero-order chi connectivity index (χ0) is 10.7. The number of rotatable bonds is 2. The van der Waals surface area contributed by atoms with E-state index >= 15 is 0 Å². The molecule has 14 heavy (non-hydrogen) atoms. The number of hydrogen-bond donors (Lipinski definition) is 0. The lowest BCUT2D eigenvalue weighted by Crippen LogP contribution is -1.97. The highest BCUT2D eigenvalue weighted by Gasteiger charge is 2.18. The predicted molar refractivity (Wildman–Crippen MR) is 40.6 cm³/mol. The first-order chi connectivity index (χ1) is 6.56. The quantitative estimate of drug-likeness (QED) is 0.537. The van der Waals surface area contributed by atoms with Crippen LogP contribution in [0.1, 0.15) is 17.7 Å². The number of aromatic nitrogens is 1. The standard InChI is InChI=1S/C7H3F2N3O2/c8-7(9)5-1-4(12(13)14)3-11-6(5)2-10/h1,3,7H. The smallest absolute Gasteiger partial charge is 0.258 e. The molecule has 0 atom stereocenters. The molecule has 72 valence electrons. The Bertz CT molecular complexity index is 414. The van der Waals surface area contributed by atoms with Gasteiger partial charge >= 0.3 is 0 Å². The van der Waals surface area contributed by atoms with Crippen molar-refractivity contribution in [3.05, 3.63) is 33.6 Å². The molecule has 0 aliphatic heterocycles. The van der Waals surface area contributed by atoms with Crippen LogP contribution in [0.25, 0.3) is 0 Å². The second-order valence-corrected chi connectivity index (χ2v) is 2.30. The van der Waals surface area contributed by atoms with Crippen LogP contribution in [0.3, 0.4) is 0 Å². The fraction of sp³-hybridized carbons (Fsp3) is 0.143. The lowest BCUT2D eigenvalue weighted by molar-refractivity contribution is -0.385. The summed E-state index contributed by atoms with van der Waals surface area (Å²) in [6, 6.07) is 2.08. The van der Waals surface area contributed by atoms with E-state index < -0.39 is 28.3 Å². The normalized spacial score (nSPS) is 9.86. The molecule has 0 N–H and O–H groups in total. The summed E-state index contributed by atoms with van der Waals surface area (Å²) < 4.78 is 24.5. The third-order valence-electron chi connectivity index (χ3n) is 1.45. The van der Waals surface area contributed by atoms with E-state index in [0.717, 1.165) is 6.20 Å². The van der Waals surface area contributed by atoms with Crippen molar-refractivity contribution in [1.29, 1.82) is 5.26 Å². The molecule has 0 aliphatic rings. The Morgan fingerprint density at radius 1 is 1.64 bits per heavy atom. The number of alkyl halides is 2. The van der Waals surface area contributed by atoms with E-state index in [1.165, 1.54) is 6.07 Å². The van der Waals surface area contributed by atoms with E-state index in [4.69, 9.17) is 5.26 Å². The minimum Gasteiger partial charge on any atom is -0.258 e. The largest absolute Gasteiger partial charge is 0.288 e. The van der Waals surface area contributed by atoms with Gasteiger partial charge in [0.25, 0.3) is 12.1 Å². The van der Waals surface area contributed by atoms with Crippen LogP contribution >= 0.6 is 0 Å². The topological polar surface area (TPSA) is 79.8 Å². The highest BCUT2D eigenvalue weighted by Crippen LogP contribution is 2.24. The summed E-state index contributed by atoms with van der Waals surface area (Å²) in [4.78, 5) is 12.6. The highest BCUT2D eigenvalue weighted by molar-refractivity contribution is 5.40. The molecule has 1 aromatic rings. The van der Waals surface area contributed by atoms with Gasteiger partial charge in [0.05, 0.1) is 10.5 Å². The zero-order valence-corrected chi connectivity index (χ0v) is 6.65. The zero-order valence-electron chi connectivity index (χ0n) is 6.65. The Hall–Kier alpha value is -2.10. The monoisotopic (exact) mass is 199 g/mol. The first-order valence-electron chi connectivity index (χ1n) is 3.39. The Morgan fingerprint density at radius 3 is 2.71 bits per heavy atom. The molecule has 0 fully saturated rings. The summed E-state index contributed by atoms with van der Waals surface area (Å²) in [5.41, 5.74) is -1.77. The second kappa shape index (κ2) is 3.74. The average Bonchev–Trinajstić information content (AvgIpc) is 2.16. The third-order valence-corrected chi connectivity index (χ3v) is 1.45. The lowest BCUT2D eigenvalue weighted by atomic mass is 10.2. The Kier molecular flexibility index (Phi) is 2.67. The maximum absolute atomic E-state index is 12.2. The van der Waals surface area contributed by atoms with Crippen LogP contribution in [0.2, 0.25) is 0 Å². The molecule has 1 aromatic heterocycles. The molecule has 0 saturated heterocycles. The van der Waals surface area contributed by atoms with Gasteiger partial charge in [-0.2, -0.15) is 5.26 Å². The number of pyridine rings is 1. The van der Waals surface area contributed by atoms with Crippen LogP contribution in [-0.2, 0) is 0 Å². The Balaban J connectivity index is 3.29. The molecule has 0 unspecified atom stereocenters. The molecule has 0 saturated carbocycles. The van der Waals surface area contributed by atoms with Crippen LogP contribution in [0.5, 0.6) is 0 Å². The summed E-state index contributed by atoms with van der Waals surface area (Å²) >= 11 is 0. The van der Waals surface area contributed by atoms with Gasteiger partial charge in [-0.25, -0.2) is 13.8 Å². The van der Waals surface area contributed by atoms with Crippen molar-refractivity contribution in [2.45, 2.75) is 6.43 Å². The van der Waals surface area contributed by atoms with E-state index in [1.807, 2.05) is 0 Å². The molecular formula is C7H3F2N3O2. The van der Waals surface area contributed by atoms with Crippen LogP contribution in [0.15, 0.2) is 12.3 Å². The van der Waals surface area contributed by atoms with Crippen LogP contribution in [0.4, 0.5) is 14.5 Å². The molecule has 0 amide bonds. The first kappa shape index (κ1) is 9.98. The van der Waals surface area contributed by atoms with E-state index in [-0.39, 0.29) is 0 Å². The van der Waals surface area contributed by atoms with E-state index in [0.29, 0.717) is 6.07 Å². The molecule has 0 radical (unpaired) electrons. The van der Waals surface area contributed by atoms with E-state index in [1.54, 1.807) is 0 Å². The molecule has 1 heterocycles. The second-order valence-electron chi connectivity index (χ2n) is 2.30. The Labute approximate surface area is 76.8 Å². The third kappa shape index (κ3) is 1.80. The number of nitrogens with zero attached hydrogens (tertiary/aromatic N) is 3. The lowest BCUT2D eigenvalue weighted by Gasteiger charge is -2.00. The minimum absolute atomic E-state index is 0.495. The molecule has 7 heteroatoms. The summed E-state index contributed by atoms with van der Waals surface area (Å²) in [7, 11) is 0. The summed E-state index contributed by atoms with van der Waals surface area (Å²) in [5, 5.41) is 18.6. The fourth-order valence-corrected chi connectivity index (χ4v) is 0.830. The van der Waals surface area contributed by atoms with Crippen LogP contribution in [0, 0.1) is 21.4 Å². The van der Waals surface area contributed by atoms with Crippen molar-refractivity contribution in [2.24, 2.45) is 0 Å². The summed E-state index contributed by atoms with van der Waals surface area (Å²) in [5.74, 6) is 0. The van der Waals surface area contributed by atoms with Gasteiger partial charge in [0.1, 0.15) is 18.0 Å². The van der Waals surface area contributed by atoms with Gasteiger partial charge in [0.15, 0.2) is 0 Å². The number of nitriles is 1. The molecule has 0 spiro atoms. The summed E-state index contributed by atoms with van der Waals surface area (Å²) in [6.45, 7) is 0. The number of nitro groups is 1. The van der Waals surface area contributed by atoms with Crippen molar-refractivity contribution in [2.75, 3.05) is 0 Å². The van der Waals surface area contributed by atoms with Gasteiger partial charge in [0, 0.05) is 6.07 Å². The van der Waals surface area contributed by atoms with Crippen LogP contribution < -0.4 is 0 Å². The molecule has 0 bridgehead atoms. The predicted octanol–water partition coefficient (Wildman–Crippen LogP) is 1.80. The molecule has 0 aliphatic carbocycles. The minimum atomic E-state index is -2.95. The van der Waals surface area contributed by atoms with Gasteiger partial charge < -0.3 is 0 Å². The van der Waals surface area contributed by atoms with Crippen molar-refractivity contribution < 1.29 is 13.7 Å². The van der Waals surface area contributed by atoms with Crippen LogP contribution in [-0.4, -0.2) is 9.91 Å². The van der Waals surface area contributed by atoms with Crippen molar-refractivity contribution in [3.8, 4) is 6.07 Å². The maximum Gasteiger partial charge on any atom is 0.288 e. The summed E-state index contributed by atoms with van der Waals surface area (Å²) in [6.07, 6.45) is -2.18. The van der Waals surface area contributed by atoms with Crippen molar-refractivity contribution in [3.63, 3.8) is 0 Å².